The molecule has 2 aromatic carbocycles. The van der Waals surface area contributed by atoms with Gasteiger partial charge in [0.15, 0.2) is 0 Å². The molecule has 0 saturated heterocycles. The number of nitrogens with two attached hydrogens (primary N) is 1. The van der Waals surface area contributed by atoms with Crippen LogP contribution in [0.25, 0.3) is 0 Å². The Balaban J connectivity index is 2.04. The highest BCUT2D eigenvalue weighted by atomic mass is 32.2. The molecule has 0 saturated carbocycles. The molecule has 104 valence electrons. The Bertz CT molecular complexity index is 725. The Morgan fingerprint density at radius 1 is 1.15 bits per heavy atom. The van der Waals surface area contributed by atoms with Crippen LogP contribution in [0.4, 0.5) is 5.69 Å². The third-order valence-corrected chi connectivity index (χ3v) is 3.39. The number of sulfonamides is 1. The predicted molar refractivity (Wildman–Crippen MR) is 77.1 cm³/mol. The molecule has 4 N–H and O–H groups in total. The first-order valence-electron chi connectivity index (χ1n) is 5.66. The van der Waals surface area contributed by atoms with Gasteiger partial charge in [-0.05, 0) is 42.0 Å². The summed E-state index contributed by atoms with van der Waals surface area (Å²) in [5.74, 6) is 0.159. The first kappa shape index (κ1) is 14.0. The van der Waals surface area contributed by atoms with Gasteiger partial charge in [0.1, 0.15) is 5.75 Å². The molecule has 20 heavy (non-hydrogen) atoms. The summed E-state index contributed by atoms with van der Waals surface area (Å²) in [6.07, 6.45) is 1.54. The summed E-state index contributed by atoms with van der Waals surface area (Å²) in [6.45, 7) is 0. The summed E-state index contributed by atoms with van der Waals surface area (Å²) in [5.41, 5.74) is 4.10. The van der Waals surface area contributed by atoms with Crippen molar-refractivity contribution in [2.24, 2.45) is 10.2 Å². The van der Waals surface area contributed by atoms with Crippen LogP contribution in [0.3, 0.4) is 0 Å². The maximum absolute atomic E-state index is 11.1. The SMILES string of the molecule is NS(=O)(=O)c1ccc(NN=Cc2cccc(O)c2)cc1. The summed E-state index contributed by atoms with van der Waals surface area (Å²) in [5, 5.41) is 18.3. The number of rotatable bonds is 4. The van der Waals surface area contributed by atoms with Crippen molar-refractivity contribution < 1.29 is 13.5 Å². The van der Waals surface area contributed by atoms with Crippen molar-refractivity contribution in [2.75, 3.05) is 5.43 Å². The lowest BCUT2D eigenvalue weighted by atomic mass is 10.2. The van der Waals surface area contributed by atoms with E-state index in [2.05, 4.69) is 10.5 Å². The Hall–Kier alpha value is -2.38. The van der Waals surface area contributed by atoms with Crippen LogP contribution in [0, 0.1) is 0 Å². The number of nitrogens with zero attached hydrogens (tertiary/aromatic N) is 1. The molecule has 0 unspecified atom stereocenters. The van der Waals surface area contributed by atoms with Gasteiger partial charge in [0.05, 0.1) is 16.8 Å². The van der Waals surface area contributed by atoms with Crippen LogP contribution in [0.1, 0.15) is 5.56 Å². The zero-order valence-corrected chi connectivity index (χ0v) is 11.2. The van der Waals surface area contributed by atoms with Crippen molar-refractivity contribution in [1.82, 2.24) is 0 Å². The first-order chi connectivity index (χ1) is 9.45. The molecule has 0 amide bonds. The van der Waals surface area contributed by atoms with E-state index in [1.165, 1.54) is 18.3 Å². The summed E-state index contributed by atoms with van der Waals surface area (Å²) in [6, 6.07) is 12.5. The fraction of sp³-hybridized carbons (Fsp3) is 0. The van der Waals surface area contributed by atoms with Crippen molar-refractivity contribution >= 4 is 21.9 Å². The molecule has 0 fully saturated rings. The van der Waals surface area contributed by atoms with E-state index in [1.54, 1.807) is 36.4 Å². The normalized spacial score (nSPS) is 11.7. The fourth-order valence-corrected chi connectivity index (χ4v) is 2.02. The third kappa shape index (κ3) is 3.81. The Morgan fingerprint density at radius 3 is 2.45 bits per heavy atom. The second-order valence-electron chi connectivity index (χ2n) is 4.03. The van der Waals surface area contributed by atoms with Crippen LogP contribution in [0.5, 0.6) is 5.75 Å². The number of hydrazone groups is 1. The minimum atomic E-state index is -3.68. The largest absolute Gasteiger partial charge is 0.508 e. The number of hydrogen-bond acceptors (Lipinski definition) is 5. The number of phenolic OH excluding ortho intramolecular Hbond substituents is 1. The Labute approximate surface area is 116 Å². The van der Waals surface area contributed by atoms with Gasteiger partial charge in [-0.25, -0.2) is 13.6 Å². The number of primary sulfonamides is 1. The van der Waals surface area contributed by atoms with Crippen LogP contribution in [-0.4, -0.2) is 19.7 Å². The van der Waals surface area contributed by atoms with Crippen LogP contribution >= 0.6 is 0 Å². The molecule has 0 bridgehead atoms. The van der Waals surface area contributed by atoms with Crippen molar-refractivity contribution in [1.29, 1.82) is 0 Å². The van der Waals surface area contributed by atoms with E-state index in [0.29, 0.717) is 5.69 Å². The molecule has 0 aromatic heterocycles. The highest BCUT2D eigenvalue weighted by Crippen LogP contribution is 2.13. The molecule has 0 aliphatic heterocycles. The quantitative estimate of drug-likeness (QED) is 0.586. The molecule has 0 aliphatic rings. The number of benzene rings is 2. The maximum Gasteiger partial charge on any atom is 0.238 e. The van der Waals surface area contributed by atoms with Crippen LogP contribution in [-0.2, 0) is 10.0 Å². The van der Waals surface area contributed by atoms with Crippen molar-refractivity contribution in [3.05, 3.63) is 54.1 Å². The van der Waals surface area contributed by atoms with Crippen molar-refractivity contribution in [3.8, 4) is 5.75 Å². The molecular formula is C13H13N3O3S. The van der Waals surface area contributed by atoms with Crippen LogP contribution in [0.2, 0.25) is 0 Å². The maximum atomic E-state index is 11.1. The molecule has 0 heterocycles. The highest BCUT2D eigenvalue weighted by Gasteiger charge is 2.05. The average Bonchev–Trinajstić information content (AvgIpc) is 2.38. The topological polar surface area (TPSA) is 105 Å². The zero-order chi connectivity index (χ0) is 14.6. The highest BCUT2D eigenvalue weighted by molar-refractivity contribution is 7.89. The summed E-state index contributed by atoms with van der Waals surface area (Å²) in [4.78, 5) is 0.0417. The van der Waals surface area contributed by atoms with Gasteiger partial charge in [0.2, 0.25) is 10.0 Å². The van der Waals surface area contributed by atoms with E-state index < -0.39 is 10.0 Å². The number of hydrogen-bond donors (Lipinski definition) is 3. The fourth-order valence-electron chi connectivity index (χ4n) is 1.51. The molecule has 2 rings (SSSR count). The van der Waals surface area contributed by atoms with E-state index in [9.17, 15) is 13.5 Å². The standard InChI is InChI=1S/C13H13N3O3S/c14-20(18,19)13-6-4-11(5-7-13)16-15-9-10-2-1-3-12(17)8-10/h1-9,16-17H,(H2,14,18,19). The minimum Gasteiger partial charge on any atom is -0.508 e. The lowest BCUT2D eigenvalue weighted by molar-refractivity contribution is 0.475. The third-order valence-electron chi connectivity index (χ3n) is 2.46. The van der Waals surface area contributed by atoms with Gasteiger partial charge in [-0.3, -0.25) is 5.43 Å². The smallest absolute Gasteiger partial charge is 0.238 e. The second-order valence-corrected chi connectivity index (χ2v) is 5.60. The van der Waals surface area contributed by atoms with Gasteiger partial charge >= 0.3 is 0 Å². The summed E-state index contributed by atoms with van der Waals surface area (Å²) < 4.78 is 22.2. The number of nitrogens with one attached hydrogen (secondary N) is 1. The van der Waals surface area contributed by atoms with E-state index in [0.717, 1.165) is 5.56 Å². The Kier molecular flexibility index (Phi) is 4.02. The number of phenols is 1. The van der Waals surface area contributed by atoms with Gasteiger partial charge < -0.3 is 5.11 Å². The van der Waals surface area contributed by atoms with Gasteiger partial charge in [-0.1, -0.05) is 12.1 Å². The van der Waals surface area contributed by atoms with Gasteiger partial charge in [0.25, 0.3) is 0 Å². The molecule has 2 aromatic rings. The van der Waals surface area contributed by atoms with E-state index in [-0.39, 0.29) is 10.6 Å². The van der Waals surface area contributed by atoms with Crippen LogP contribution in [0.15, 0.2) is 58.5 Å². The first-order valence-corrected chi connectivity index (χ1v) is 7.21. The molecule has 0 spiro atoms. The van der Waals surface area contributed by atoms with Crippen molar-refractivity contribution in [3.63, 3.8) is 0 Å². The van der Waals surface area contributed by atoms with Crippen molar-refractivity contribution in [2.45, 2.75) is 4.90 Å². The minimum absolute atomic E-state index is 0.0417. The lowest BCUT2D eigenvalue weighted by Crippen LogP contribution is -2.11. The second kappa shape index (κ2) is 5.72. The summed E-state index contributed by atoms with van der Waals surface area (Å²) >= 11 is 0. The van der Waals surface area contributed by atoms with E-state index in [1.807, 2.05) is 0 Å². The molecule has 0 atom stereocenters. The summed E-state index contributed by atoms with van der Waals surface area (Å²) in [7, 11) is -3.68. The molecular weight excluding hydrogens is 278 g/mol. The van der Waals surface area contributed by atoms with Gasteiger partial charge in [-0.15, -0.1) is 0 Å². The molecule has 0 radical (unpaired) electrons. The Morgan fingerprint density at radius 2 is 1.85 bits per heavy atom. The van der Waals surface area contributed by atoms with E-state index >= 15 is 0 Å². The molecule has 0 aliphatic carbocycles. The zero-order valence-electron chi connectivity index (χ0n) is 10.4. The van der Waals surface area contributed by atoms with Gasteiger partial charge in [-0.2, -0.15) is 5.10 Å². The molecule has 7 heteroatoms. The van der Waals surface area contributed by atoms with Gasteiger partial charge in [0, 0.05) is 0 Å². The van der Waals surface area contributed by atoms with E-state index in [4.69, 9.17) is 5.14 Å². The number of aromatic hydroxyl groups is 1. The average molecular weight is 291 g/mol. The predicted octanol–water partition coefficient (Wildman–Crippen LogP) is 1.49. The monoisotopic (exact) mass is 291 g/mol. The molecule has 6 nitrogen and oxygen atoms in total. The lowest BCUT2D eigenvalue weighted by Gasteiger charge is -2.02. The number of anilines is 1. The van der Waals surface area contributed by atoms with Crippen LogP contribution < -0.4 is 10.6 Å².